The fourth-order valence-corrected chi connectivity index (χ4v) is 1.78. The molecule has 1 aliphatic carbocycles. The van der Waals surface area contributed by atoms with Crippen molar-refractivity contribution in [2.24, 2.45) is 0 Å². The van der Waals surface area contributed by atoms with Gasteiger partial charge in [-0.05, 0) is 25.0 Å². The van der Waals surface area contributed by atoms with E-state index in [4.69, 9.17) is 22.1 Å². The SMILES string of the molecule is COC1CC(Nc2nc(Cl)ccc2N)C1. The molecule has 1 fully saturated rings. The number of hydrogen-bond acceptors (Lipinski definition) is 4. The van der Waals surface area contributed by atoms with Crippen molar-refractivity contribution in [3.8, 4) is 0 Å². The van der Waals surface area contributed by atoms with E-state index in [0.29, 0.717) is 28.8 Å². The van der Waals surface area contributed by atoms with Crippen LogP contribution in [-0.4, -0.2) is 24.2 Å². The number of nitrogens with zero attached hydrogens (tertiary/aromatic N) is 1. The molecule has 0 radical (unpaired) electrons. The first kappa shape index (κ1) is 10.5. The molecule has 0 saturated heterocycles. The third-order valence-corrected chi connectivity index (χ3v) is 2.87. The van der Waals surface area contributed by atoms with Crippen LogP contribution in [0.3, 0.4) is 0 Å². The van der Waals surface area contributed by atoms with Crippen LogP contribution in [0.1, 0.15) is 12.8 Å². The molecule has 0 aromatic carbocycles. The Morgan fingerprint density at radius 2 is 2.27 bits per heavy atom. The molecule has 1 saturated carbocycles. The van der Waals surface area contributed by atoms with Crippen LogP contribution < -0.4 is 11.1 Å². The lowest BCUT2D eigenvalue weighted by atomic mass is 9.89. The molecule has 0 amide bonds. The van der Waals surface area contributed by atoms with Crippen LogP contribution >= 0.6 is 11.6 Å². The summed E-state index contributed by atoms with van der Waals surface area (Å²) < 4.78 is 5.19. The fraction of sp³-hybridized carbons (Fsp3) is 0.500. The van der Waals surface area contributed by atoms with Gasteiger partial charge in [-0.25, -0.2) is 4.98 Å². The molecule has 1 aliphatic rings. The number of nitrogens with two attached hydrogens (primary N) is 1. The molecule has 4 nitrogen and oxygen atoms in total. The lowest BCUT2D eigenvalue weighted by Crippen LogP contribution is -2.40. The Hall–Kier alpha value is -1.00. The topological polar surface area (TPSA) is 60.2 Å². The summed E-state index contributed by atoms with van der Waals surface area (Å²) >= 11 is 5.79. The maximum Gasteiger partial charge on any atom is 0.151 e. The van der Waals surface area contributed by atoms with Gasteiger partial charge in [-0.1, -0.05) is 11.6 Å². The minimum Gasteiger partial charge on any atom is -0.396 e. The van der Waals surface area contributed by atoms with Gasteiger partial charge in [-0.15, -0.1) is 0 Å². The molecule has 0 bridgehead atoms. The number of anilines is 2. The van der Waals surface area contributed by atoms with Crippen molar-refractivity contribution in [3.63, 3.8) is 0 Å². The van der Waals surface area contributed by atoms with E-state index in [1.165, 1.54) is 0 Å². The Kier molecular flexibility index (Phi) is 2.98. The zero-order chi connectivity index (χ0) is 10.8. The maximum absolute atomic E-state index is 5.79. The highest BCUT2D eigenvalue weighted by Gasteiger charge is 2.29. The Bertz CT molecular complexity index is 353. The van der Waals surface area contributed by atoms with Crippen LogP contribution in [0.25, 0.3) is 0 Å². The van der Waals surface area contributed by atoms with Crippen LogP contribution in [0.15, 0.2) is 12.1 Å². The molecule has 82 valence electrons. The number of halogens is 1. The molecule has 5 heteroatoms. The lowest BCUT2D eigenvalue weighted by Gasteiger charge is -2.35. The van der Waals surface area contributed by atoms with Crippen LogP contribution in [-0.2, 0) is 4.74 Å². The number of ether oxygens (including phenoxy) is 1. The quantitative estimate of drug-likeness (QED) is 0.775. The average Bonchev–Trinajstić information content (AvgIpc) is 2.16. The van der Waals surface area contributed by atoms with Gasteiger partial charge in [0.05, 0.1) is 11.8 Å². The van der Waals surface area contributed by atoms with Crippen LogP contribution in [0.4, 0.5) is 11.5 Å². The van der Waals surface area contributed by atoms with E-state index in [1.807, 2.05) is 0 Å². The molecule has 1 aromatic heterocycles. The highest BCUT2D eigenvalue weighted by atomic mass is 35.5. The summed E-state index contributed by atoms with van der Waals surface area (Å²) in [6, 6.07) is 3.83. The molecule has 0 atom stereocenters. The molecule has 2 rings (SSSR count). The van der Waals surface area contributed by atoms with E-state index in [1.54, 1.807) is 19.2 Å². The van der Waals surface area contributed by atoms with Gasteiger partial charge in [0.2, 0.25) is 0 Å². The van der Waals surface area contributed by atoms with Crippen LogP contribution in [0, 0.1) is 0 Å². The predicted molar refractivity (Wildman–Crippen MR) is 61.1 cm³/mol. The lowest BCUT2D eigenvalue weighted by molar-refractivity contribution is 0.0328. The van der Waals surface area contributed by atoms with Gasteiger partial charge < -0.3 is 15.8 Å². The van der Waals surface area contributed by atoms with Crippen molar-refractivity contribution in [1.82, 2.24) is 4.98 Å². The zero-order valence-corrected chi connectivity index (χ0v) is 9.29. The second-order valence-electron chi connectivity index (χ2n) is 3.74. The predicted octanol–water partition coefficient (Wildman–Crippen LogP) is 1.91. The normalized spacial score (nSPS) is 24.7. The van der Waals surface area contributed by atoms with Gasteiger partial charge in [0.1, 0.15) is 5.15 Å². The summed E-state index contributed by atoms with van der Waals surface area (Å²) in [7, 11) is 1.73. The summed E-state index contributed by atoms with van der Waals surface area (Å²) in [6.45, 7) is 0. The molecule has 0 spiro atoms. The smallest absolute Gasteiger partial charge is 0.151 e. The Morgan fingerprint density at radius 3 is 2.93 bits per heavy atom. The molecule has 15 heavy (non-hydrogen) atoms. The van der Waals surface area contributed by atoms with E-state index in [9.17, 15) is 0 Å². The van der Waals surface area contributed by atoms with Gasteiger partial charge >= 0.3 is 0 Å². The monoisotopic (exact) mass is 227 g/mol. The highest BCUT2D eigenvalue weighted by molar-refractivity contribution is 6.29. The van der Waals surface area contributed by atoms with Crippen molar-refractivity contribution in [3.05, 3.63) is 17.3 Å². The molecule has 3 N–H and O–H groups in total. The number of hydrogen-bond donors (Lipinski definition) is 2. The minimum atomic E-state index is 0.364. The number of rotatable bonds is 3. The first-order valence-electron chi connectivity index (χ1n) is 4.90. The van der Waals surface area contributed by atoms with Gasteiger partial charge in [-0.2, -0.15) is 0 Å². The van der Waals surface area contributed by atoms with Gasteiger partial charge in [-0.3, -0.25) is 0 Å². The largest absolute Gasteiger partial charge is 0.396 e. The second-order valence-corrected chi connectivity index (χ2v) is 4.13. The Labute approximate surface area is 93.8 Å². The first-order chi connectivity index (χ1) is 7.19. The molecule has 0 aliphatic heterocycles. The summed E-state index contributed by atoms with van der Waals surface area (Å²) in [5.41, 5.74) is 6.39. The van der Waals surface area contributed by atoms with Crippen LogP contribution in [0.5, 0.6) is 0 Å². The van der Waals surface area contributed by atoms with Gasteiger partial charge in [0.15, 0.2) is 5.82 Å². The summed E-state index contributed by atoms with van der Waals surface area (Å²) in [5, 5.41) is 3.70. The fourth-order valence-electron chi connectivity index (χ4n) is 1.63. The third-order valence-electron chi connectivity index (χ3n) is 2.66. The molecule has 0 unspecified atom stereocenters. The van der Waals surface area contributed by atoms with Gasteiger partial charge in [0, 0.05) is 13.2 Å². The number of methoxy groups -OCH3 is 1. The first-order valence-corrected chi connectivity index (χ1v) is 5.28. The summed E-state index contributed by atoms with van der Waals surface area (Å²) in [4.78, 5) is 4.13. The number of pyridine rings is 1. The van der Waals surface area contributed by atoms with Crippen LogP contribution in [0.2, 0.25) is 5.15 Å². The molecule has 1 aromatic rings. The van der Waals surface area contributed by atoms with Crippen molar-refractivity contribution in [2.75, 3.05) is 18.2 Å². The number of aromatic nitrogens is 1. The van der Waals surface area contributed by atoms with E-state index in [0.717, 1.165) is 12.8 Å². The molecular formula is C10H14ClN3O. The maximum atomic E-state index is 5.79. The van der Waals surface area contributed by atoms with Gasteiger partial charge in [0.25, 0.3) is 0 Å². The standard InChI is InChI=1S/C10H14ClN3O/c1-15-7-4-6(5-7)13-10-8(12)2-3-9(11)14-10/h2-3,6-7H,4-5,12H2,1H3,(H,13,14). The van der Waals surface area contributed by atoms with E-state index in [2.05, 4.69) is 10.3 Å². The van der Waals surface area contributed by atoms with E-state index in [-0.39, 0.29) is 0 Å². The molecular weight excluding hydrogens is 214 g/mol. The Morgan fingerprint density at radius 1 is 1.53 bits per heavy atom. The summed E-state index contributed by atoms with van der Waals surface area (Å²) in [6.07, 6.45) is 2.34. The minimum absolute atomic E-state index is 0.364. The number of nitrogens with one attached hydrogen (secondary N) is 1. The second kappa shape index (κ2) is 4.24. The van der Waals surface area contributed by atoms with Crippen molar-refractivity contribution >= 4 is 23.1 Å². The Balaban J connectivity index is 1.97. The highest BCUT2D eigenvalue weighted by Crippen LogP contribution is 2.28. The summed E-state index contributed by atoms with van der Waals surface area (Å²) in [5.74, 6) is 0.669. The molecule has 1 heterocycles. The van der Waals surface area contributed by atoms with E-state index < -0.39 is 0 Å². The third kappa shape index (κ3) is 2.33. The van der Waals surface area contributed by atoms with Crippen molar-refractivity contribution in [1.29, 1.82) is 0 Å². The van der Waals surface area contributed by atoms with Crippen molar-refractivity contribution < 1.29 is 4.74 Å². The number of nitrogen functional groups attached to an aromatic ring is 1. The average molecular weight is 228 g/mol. The van der Waals surface area contributed by atoms with Crippen molar-refractivity contribution in [2.45, 2.75) is 25.0 Å². The van der Waals surface area contributed by atoms with E-state index >= 15 is 0 Å². The zero-order valence-electron chi connectivity index (χ0n) is 8.53.